The lowest BCUT2D eigenvalue weighted by Gasteiger charge is -2.36. The maximum atomic E-state index is 12.9. The standard InChI is InChI=1S/C26H29N5O2/c1-29-11-13-30(14-12-29)26(33)21-9-7-20(8-10-21)22-15-23-25(27-16-22)28-17-24(32)31(23)18-19-5-3-2-4-6-19/h2-10,15-16,24,32H,11-14,17-18H2,1H3,(H,27,28). The van der Waals surface area contributed by atoms with Crippen LogP contribution in [-0.2, 0) is 6.54 Å². The molecular weight excluding hydrogens is 414 g/mol. The van der Waals surface area contributed by atoms with Gasteiger partial charge in [-0.3, -0.25) is 4.79 Å². The van der Waals surface area contributed by atoms with E-state index >= 15 is 0 Å². The Balaban J connectivity index is 1.37. The van der Waals surface area contributed by atoms with Gasteiger partial charge in [-0.25, -0.2) is 4.98 Å². The van der Waals surface area contributed by atoms with Crippen LogP contribution in [0.15, 0.2) is 66.9 Å². The second kappa shape index (κ2) is 9.21. The van der Waals surface area contributed by atoms with E-state index in [1.54, 1.807) is 0 Å². The number of hydrogen-bond donors (Lipinski definition) is 2. The van der Waals surface area contributed by atoms with Crippen molar-refractivity contribution in [3.8, 4) is 11.1 Å². The summed E-state index contributed by atoms with van der Waals surface area (Å²) >= 11 is 0. The number of hydrogen-bond acceptors (Lipinski definition) is 6. The Morgan fingerprint density at radius 1 is 1.03 bits per heavy atom. The Morgan fingerprint density at radius 2 is 1.76 bits per heavy atom. The molecule has 2 aliphatic heterocycles. The van der Waals surface area contributed by atoms with Crippen molar-refractivity contribution in [2.45, 2.75) is 12.8 Å². The number of nitrogens with one attached hydrogen (secondary N) is 1. The van der Waals surface area contributed by atoms with Gasteiger partial charge in [0.05, 0.1) is 12.2 Å². The lowest BCUT2D eigenvalue weighted by Crippen LogP contribution is -2.47. The number of amides is 1. The third kappa shape index (κ3) is 4.55. The summed E-state index contributed by atoms with van der Waals surface area (Å²) in [5.41, 5.74) is 4.63. The van der Waals surface area contributed by atoms with Crippen molar-refractivity contribution in [3.63, 3.8) is 0 Å². The Morgan fingerprint density at radius 3 is 2.48 bits per heavy atom. The maximum Gasteiger partial charge on any atom is 0.253 e. The molecule has 0 saturated carbocycles. The zero-order valence-corrected chi connectivity index (χ0v) is 18.8. The minimum absolute atomic E-state index is 0.0829. The van der Waals surface area contributed by atoms with Gasteiger partial charge in [-0.2, -0.15) is 0 Å². The van der Waals surface area contributed by atoms with Crippen LogP contribution >= 0.6 is 0 Å². The molecule has 0 spiro atoms. The van der Waals surface area contributed by atoms with Crippen molar-refractivity contribution in [2.75, 3.05) is 50.0 Å². The summed E-state index contributed by atoms with van der Waals surface area (Å²) in [4.78, 5) is 23.6. The van der Waals surface area contributed by atoms with Crippen molar-refractivity contribution >= 4 is 17.4 Å². The van der Waals surface area contributed by atoms with E-state index in [0.717, 1.165) is 54.4 Å². The summed E-state index contributed by atoms with van der Waals surface area (Å²) in [5.74, 6) is 0.849. The first kappa shape index (κ1) is 21.4. The number of aliphatic hydroxyl groups excluding tert-OH is 1. The molecule has 1 atom stereocenters. The predicted molar refractivity (Wildman–Crippen MR) is 130 cm³/mol. The molecule has 1 amide bonds. The lowest BCUT2D eigenvalue weighted by molar-refractivity contribution is 0.0664. The number of benzene rings is 2. The molecule has 7 heteroatoms. The number of pyridine rings is 1. The van der Waals surface area contributed by atoms with Gasteiger partial charge in [-0.15, -0.1) is 0 Å². The summed E-state index contributed by atoms with van der Waals surface area (Å²) in [7, 11) is 2.08. The molecule has 0 bridgehead atoms. The summed E-state index contributed by atoms with van der Waals surface area (Å²) < 4.78 is 0. The SMILES string of the molecule is CN1CCN(C(=O)c2ccc(-c3cnc4c(c3)N(Cc3ccccc3)C(O)CN4)cc2)CC1. The van der Waals surface area contributed by atoms with Gasteiger partial charge < -0.3 is 25.1 Å². The smallest absolute Gasteiger partial charge is 0.253 e. The summed E-state index contributed by atoms with van der Waals surface area (Å²) in [6, 6.07) is 19.9. The van der Waals surface area contributed by atoms with Crippen molar-refractivity contribution in [1.82, 2.24) is 14.8 Å². The molecule has 1 saturated heterocycles. The minimum Gasteiger partial charge on any atom is -0.372 e. The van der Waals surface area contributed by atoms with Crippen LogP contribution in [-0.4, -0.2) is 71.8 Å². The molecule has 1 fully saturated rings. The van der Waals surface area contributed by atoms with Crippen LogP contribution in [0, 0.1) is 0 Å². The number of aliphatic hydroxyl groups is 1. The number of rotatable bonds is 4. The van der Waals surface area contributed by atoms with Crippen LogP contribution in [0.5, 0.6) is 0 Å². The first-order valence-corrected chi connectivity index (χ1v) is 11.4. The number of β-amino-alcohol motifs (C(OH)–C–C–N with tert-alkyl or cyclic N) is 1. The van der Waals surface area contributed by atoms with Gasteiger partial charge in [-0.05, 0) is 36.4 Å². The monoisotopic (exact) mass is 443 g/mol. The quantitative estimate of drug-likeness (QED) is 0.646. The Hall–Kier alpha value is -3.42. The summed E-state index contributed by atoms with van der Waals surface area (Å²) in [6.07, 6.45) is 1.19. The van der Waals surface area contributed by atoms with Gasteiger partial charge in [0.25, 0.3) is 5.91 Å². The van der Waals surface area contributed by atoms with E-state index in [1.165, 1.54) is 0 Å². The number of aromatic nitrogens is 1. The molecule has 2 N–H and O–H groups in total. The first-order chi connectivity index (χ1) is 16.1. The van der Waals surface area contributed by atoms with E-state index < -0.39 is 6.23 Å². The van der Waals surface area contributed by atoms with Crippen LogP contribution in [0.3, 0.4) is 0 Å². The highest BCUT2D eigenvalue weighted by molar-refractivity contribution is 5.95. The maximum absolute atomic E-state index is 12.9. The Bertz CT molecular complexity index is 1110. The second-order valence-electron chi connectivity index (χ2n) is 8.74. The van der Waals surface area contributed by atoms with Crippen LogP contribution in [0.2, 0.25) is 0 Å². The van der Waals surface area contributed by atoms with E-state index in [4.69, 9.17) is 0 Å². The number of likely N-dealkylation sites (N-methyl/N-ethyl adjacent to an activating group) is 1. The van der Waals surface area contributed by atoms with Crippen molar-refractivity contribution in [3.05, 3.63) is 78.0 Å². The van der Waals surface area contributed by atoms with Gasteiger partial charge in [0.15, 0.2) is 0 Å². The third-order valence-electron chi connectivity index (χ3n) is 6.44. The molecule has 5 rings (SSSR count). The van der Waals surface area contributed by atoms with E-state index in [1.807, 2.05) is 58.5 Å². The molecule has 170 valence electrons. The molecular formula is C26H29N5O2. The fraction of sp³-hybridized carbons (Fsp3) is 0.308. The molecule has 3 heterocycles. The van der Waals surface area contributed by atoms with Gasteiger partial charge >= 0.3 is 0 Å². The van der Waals surface area contributed by atoms with Crippen LogP contribution in [0.25, 0.3) is 11.1 Å². The van der Waals surface area contributed by atoms with Gasteiger partial charge in [0, 0.05) is 50.0 Å². The van der Waals surface area contributed by atoms with Gasteiger partial charge in [0.1, 0.15) is 12.0 Å². The predicted octanol–water partition coefficient (Wildman–Crippen LogP) is 2.89. The van der Waals surface area contributed by atoms with Gasteiger partial charge in [0.2, 0.25) is 0 Å². The highest BCUT2D eigenvalue weighted by Crippen LogP contribution is 2.34. The second-order valence-corrected chi connectivity index (χ2v) is 8.74. The Kier molecular flexibility index (Phi) is 5.98. The third-order valence-corrected chi connectivity index (χ3v) is 6.44. The zero-order valence-electron chi connectivity index (χ0n) is 18.8. The zero-order chi connectivity index (χ0) is 22.8. The highest BCUT2D eigenvalue weighted by Gasteiger charge is 2.26. The fourth-order valence-corrected chi connectivity index (χ4v) is 4.39. The molecule has 1 aromatic heterocycles. The topological polar surface area (TPSA) is 71.9 Å². The molecule has 0 aliphatic carbocycles. The summed E-state index contributed by atoms with van der Waals surface area (Å²) in [6.45, 7) is 4.36. The molecule has 7 nitrogen and oxygen atoms in total. The minimum atomic E-state index is -0.640. The Labute approximate surface area is 194 Å². The number of nitrogens with zero attached hydrogens (tertiary/aromatic N) is 4. The van der Waals surface area contributed by atoms with Crippen LogP contribution in [0.4, 0.5) is 11.5 Å². The van der Waals surface area contributed by atoms with Crippen molar-refractivity contribution in [1.29, 1.82) is 0 Å². The molecule has 0 radical (unpaired) electrons. The fourth-order valence-electron chi connectivity index (χ4n) is 4.39. The van der Waals surface area contributed by atoms with E-state index in [9.17, 15) is 9.90 Å². The lowest BCUT2D eigenvalue weighted by atomic mass is 10.0. The highest BCUT2D eigenvalue weighted by atomic mass is 16.3. The first-order valence-electron chi connectivity index (χ1n) is 11.4. The molecule has 33 heavy (non-hydrogen) atoms. The van der Waals surface area contributed by atoms with Crippen LogP contribution in [0.1, 0.15) is 15.9 Å². The molecule has 1 unspecified atom stereocenters. The number of fused-ring (bicyclic) bond motifs is 1. The molecule has 2 aliphatic rings. The van der Waals surface area contributed by atoms with Crippen molar-refractivity contribution < 1.29 is 9.90 Å². The van der Waals surface area contributed by atoms with Crippen molar-refractivity contribution in [2.24, 2.45) is 0 Å². The number of carbonyl (C=O) groups is 1. The average molecular weight is 444 g/mol. The summed E-state index contributed by atoms with van der Waals surface area (Å²) in [5, 5.41) is 13.9. The number of piperazine rings is 1. The number of anilines is 2. The average Bonchev–Trinajstić information content (AvgIpc) is 2.86. The largest absolute Gasteiger partial charge is 0.372 e. The number of carbonyl (C=O) groups excluding carboxylic acids is 1. The normalized spacial score (nSPS) is 18.5. The van der Waals surface area contributed by atoms with E-state index in [-0.39, 0.29) is 5.91 Å². The van der Waals surface area contributed by atoms with E-state index in [0.29, 0.717) is 18.7 Å². The van der Waals surface area contributed by atoms with Gasteiger partial charge in [-0.1, -0.05) is 42.5 Å². The molecule has 2 aromatic carbocycles. The van der Waals surface area contributed by atoms with E-state index in [2.05, 4.69) is 40.4 Å². The van der Waals surface area contributed by atoms with Crippen LogP contribution < -0.4 is 10.2 Å². The molecule has 3 aromatic rings.